The second-order valence-corrected chi connectivity index (χ2v) is 6.76. The summed E-state index contributed by atoms with van der Waals surface area (Å²) in [6.45, 7) is 0. The second kappa shape index (κ2) is 5.19. The lowest BCUT2D eigenvalue weighted by molar-refractivity contribution is 0.553. The van der Waals surface area contributed by atoms with Crippen molar-refractivity contribution in [2.45, 2.75) is 11.8 Å². The Kier molecular flexibility index (Phi) is 3.56. The largest absolute Gasteiger partial charge is 0.207 e. The number of thiophene rings is 2. The zero-order valence-corrected chi connectivity index (χ0v) is 12.1. The molecule has 0 amide bonds. The van der Waals surface area contributed by atoms with Crippen LogP contribution in [0.25, 0.3) is 9.40 Å². The fourth-order valence-corrected chi connectivity index (χ4v) is 4.39. The lowest BCUT2D eigenvalue weighted by Gasteiger charge is -2.09. The van der Waals surface area contributed by atoms with E-state index in [2.05, 4.69) is 0 Å². The van der Waals surface area contributed by atoms with Gasteiger partial charge >= 0.3 is 0 Å². The molecule has 0 radical (unpaired) electrons. The monoisotopic (exact) mass is 314 g/mol. The maximum Gasteiger partial charge on any atom is 0.129 e. The van der Waals surface area contributed by atoms with Gasteiger partial charge in [-0.2, -0.15) is 0 Å². The van der Waals surface area contributed by atoms with Crippen LogP contribution in [0.1, 0.15) is 15.8 Å². The van der Waals surface area contributed by atoms with Gasteiger partial charge in [0.15, 0.2) is 0 Å². The molecule has 19 heavy (non-hydrogen) atoms. The summed E-state index contributed by atoms with van der Waals surface area (Å²) < 4.78 is 29.5. The van der Waals surface area contributed by atoms with Crippen molar-refractivity contribution in [1.29, 1.82) is 0 Å². The summed E-state index contributed by atoms with van der Waals surface area (Å²) in [6.07, 6.45) is 0.161. The molecule has 3 aromatic rings. The number of fused-ring (bicyclic) bond motifs is 1. The highest BCUT2D eigenvalue weighted by Crippen LogP contribution is 2.37. The van der Waals surface area contributed by atoms with Gasteiger partial charge in [-0.05, 0) is 36.1 Å². The molecular weight excluding hydrogens is 306 g/mol. The highest BCUT2D eigenvalue weighted by Gasteiger charge is 2.17. The lowest BCUT2D eigenvalue weighted by Crippen LogP contribution is -2.00. The Hall–Kier alpha value is -0.970. The van der Waals surface area contributed by atoms with E-state index in [4.69, 9.17) is 11.6 Å². The normalized spacial score (nSPS) is 13.0. The Morgan fingerprint density at radius 2 is 1.84 bits per heavy atom. The first-order chi connectivity index (χ1) is 9.15. The molecule has 0 saturated heterocycles. The third-order valence-corrected chi connectivity index (χ3v) is 5.64. The summed E-state index contributed by atoms with van der Waals surface area (Å²) in [7, 11) is 0. The van der Waals surface area contributed by atoms with Gasteiger partial charge in [0, 0.05) is 19.8 Å². The zero-order valence-electron chi connectivity index (χ0n) is 9.70. The lowest BCUT2D eigenvalue weighted by atomic mass is 10.1. The minimum absolute atomic E-state index is 0.0549. The van der Waals surface area contributed by atoms with Gasteiger partial charge in [0.1, 0.15) is 11.6 Å². The Balaban J connectivity index is 1.88. The van der Waals surface area contributed by atoms with Crippen LogP contribution < -0.4 is 0 Å². The number of benzene rings is 1. The topological polar surface area (TPSA) is 0 Å². The summed E-state index contributed by atoms with van der Waals surface area (Å²) in [6, 6.07) is 7.91. The highest BCUT2D eigenvalue weighted by molar-refractivity contribution is 7.27. The molecule has 3 rings (SSSR count). The molecule has 0 saturated carbocycles. The van der Waals surface area contributed by atoms with Crippen molar-refractivity contribution < 1.29 is 8.78 Å². The van der Waals surface area contributed by atoms with Gasteiger partial charge in [-0.25, -0.2) is 8.78 Å². The van der Waals surface area contributed by atoms with Gasteiger partial charge < -0.3 is 0 Å². The molecule has 0 bridgehead atoms. The van der Waals surface area contributed by atoms with Gasteiger partial charge in [-0.3, -0.25) is 0 Å². The summed E-state index contributed by atoms with van der Waals surface area (Å²) in [5, 5.41) is 1.61. The van der Waals surface area contributed by atoms with E-state index in [-0.39, 0.29) is 12.0 Å². The standard InChI is InChI=1S/C14H9ClF2S2/c15-9(6-8-10(16)2-1-3-11(8)17)13-7-14-12(19-13)4-5-18-14/h1-5,7,9H,6H2. The van der Waals surface area contributed by atoms with E-state index in [0.29, 0.717) is 0 Å². The minimum Gasteiger partial charge on any atom is -0.207 e. The van der Waals surface area contributed by atoms with Crippen LogP contribution in [0.2, 0.25) is 0 Å². The van der Waals surface area contributed by atoms with Crippen molar-refractivity contribution in [2.24, 2.45) is 0 Å². The first-order valence-electron chi connectivity index (χ1n) is 5.69. The maximum atomic E-state index is 13.6. The van der Waals surface area contributed by atoms with Crippen LogP contribution in [0.15, 0.2) is 35.7 Å². The molecule has 0 fully saturated rings. The van der Waals surface area contributed by atoms with Gasteiger partial charge in [-0.1, -0.05) is 6.07 Å². The van der Waals surface area contributed by atoms with Crippen molar-refractivity contribution in [2.75, 3.05) is 0 Å². The summed E-state index contributed by atoms with van der Waals surface area (Å²) >= 11 is 9.51. The maximum absolute atomic E-state index is 13.6. The smallest absolute Gasteiger partial charge is 0.129 e. The molecule has 0 spiro atoms. The number of hydrogen-bond acceptors (Lipinski definition) is 2. The van der Waals surface area contributed by atoms with Crippen molar-refractivity contribution in [3.8, 4) is 0 Å². The summed E-state index contributed by atoms with van der Waals surface area (Å²) in [5.41, 5.74) is 0.0549. The van der Waals surface area contributed by atoms with E-state index < -0.39 is 17.0 Å². The number of alkyl halides is 1. The van der Waals surface area contributed by atoms with Crippen molar-refractivity contribution in [1.82, 2.24) is 0 Å². The van der Waals surface area contributed by atoms with Crippen molar-refractivity contribution in [3.63, 3.8) is 0 Å². The molecule has 0 N–H and O–H groups in total. The Morgan fingerprint density at radius 3 is 2.53 bits per heavy atom. The van der Waals surface area contributed by atoms with Crippen LogP contribution in [-0.4, -0.2) is 0 Å². The Labute approximate surface area is 122 Å². The van der Waals surface area contributed by atoms with Crippen LogP contribution in [-0.2, 0) is 6.42 Å². The molecule has 98 valence electrons. The molecule has 1 atom stereocenters. The van der Waals surface area contributed by atoms with E-state index in [1.165, 1.54) is 27.6 Å². The molecule has 1 aromatic carbocycles. The van der Waals surface area contributed by atoms with E-state index in [1.54, 1.807) is 22.7 Å². The predicted octanol–water partition coefficient (Wildman–Crippen LogP) is 5.76. The fraction of sp³-hybridized carbons (Fsp3) is 0.143. The van der Waals surface area contributed by atoms with Crippen LogP contribution in [0.3, 0.4) is 0 Å². The average molecular weight is 315 g/mol. The van der Waals surface area contributed by atoms with Crippen LogP contribution in [0.5, 0.6) is 0 Å². The van der Waals surface area contributed by atoms with E-state index in [0.717, 1.165) is 4.88 Å². The first-order valence-corrected chi connectivity index (χ1v) is 7.82. The van der Waals surface area contributed by atoms with Crippen LogP contribution in [0, 0.1) is 11.6 Å². The molecule has 0 aliphatic rings. The molecule has 0 nitrogen and oxygen atoms in total. The molecule has 1 unspecified atom stereocenters. The number of halogens is 3. The summed E-state index contributed by atoms with van der Waals surface area (Å²) in [4.78, 5) is 0.950. The quantitative estimate of drug-likeness (QED) is 0.539. The fourth-order valence-electron chi connectivity index (χ4n) is 1.95. The SMILES string of the molecule is Fc1cccc(F)c1CC(Cl)c1cc2sccc2s1. The molecule has 2 aromatic heterocycles. The second-order valence-electron chi connectivity index (χ2n) is 4.17. The number of rotatable bonds is 3. The molecular formula is C14H9ClF2S2. The van der Waals surface area contributed by atoms with Gasteiger partial charge in [0.05, 0.1) is 5.38 Å². The van der Waals surface area contributed by atoms with Crippen LogP contribution >= 0.6 is 34.3 Å². The van der Waals surface area contributed by atoms with E-state index >= 15 is 0 Å². The van der Waals surface area contributed by atoms with E-state index in [1.807, 2.05) is 17.5 Å². The van der Waals surface area contributed by atoms with Crippen molar-refractivity contribution in [3.05, 3.63) is 57.8 Å². The molecule has 0 aliphatic heterocycles. The molecule has 2 heterocycles. The van der Waals surface area contributed by atoms with Gasteiger partial charge in [0.25, 0.3) is 0 Å². The Morgan fingerprint density at radius 1 is 1.11 bits per heavy atom. The molecule has 5 heteroatoms. The van der Waals surface area contributed by atoms with Gasteiger partial charge in [0.2, 0.25) is 0 Å². The summed E-state index contributed by atoms with van der Waals surface area (Å²) in [5.74, 6) is -1.08. The molecule has 0 aliphatic carbocycles. The Bertz CT molecular complexity index is 668. The van der Waals surface area contributed by atoms with Gasteiger partial charge in [-0.15, -0.1) is 34.3 Å². The third kappa shape index (κ3) is 2.53. The zero-order chi connectivity index (χ0) is 13.4. The minimum atomic E-state index is -0.538. The first kappa shape index (κ1) is 13.0. The predicted molar refractivity (Wildman–Crippen MR) is 78.4 cm³/mol. The average Bonchev–Trinajstić information content (AvgIpc) is 2.94. The van der Waals surface area contributed by atoms with E-state index in [9.17, 15) is 8.78 Å². The third-order valence-electron chi connectivity index (χ3n) is 2.91. The number of hydrogen-bond donors (Lipinski definition) is 0. The highest BCUT2D eigenvalue weighted by atomic mass is 35.5. The van der Waals surface area contributed by atoms with Crippen molar-refractivity contribution >= 4 is 43.7 Å². The van der Waals surface area contributed by atoms with Crippen LogP contribution in [0.4, 0.5) is 8.78 Å².